The first-order valence-corrected chi connectivity index (χ1v) is 7.38. The summed E-state index contributed by atoms with van der Waals surface area (Å²) in [6.45, 7) is 5.16. The molecule has 1 atom stereocenters. The highest BCUT2D eigenvalue weighted by atomic mass is 15.2. The van der Waals surface area contributed by atoms with Gasteiger partial charge in [0.2, 0.25) is 0 Å². The van der Waals surface area contributed by atoms with Crippen molar-refractivity contribution in [1.29, 1.82) is 0 Å². The van der Waals surface area contributed by atoms with Gasteiger partial charge in [0, 0.05) is 30.1 Å². The number of hydrogen-bond acceptors (Lipinski definition) is 4. The SMILES string of the molecule is CCc1cc(N2CCCCC2c2cn[nH]c2)nc(C)n1. The maximum absolute atomic E-state index is 4.65. The summed E-state index contributed by atoms with van der Waals surface area (Å²) in [5.41, 5.74) is 2.36. The molecular weight excluding hydrogens is 250 g/mol. The molecule has 5 nitrogen and oxygen atoms in total. The van der Waals surface area contributed by atoms with Crippen molar-refractivity contribution in [3.8, 4) is 0 Å². The zero-order valence-corrected chi connectivity index (χ0v) is 12.1. The van der Waals surface area contributed by atoms with Gasteiger partial charge < -0.3 is 4.90 Å². The third-order valence-corrected chi connectivity index (χ3v) is 3.94. The number of rotatable bonds is 3. The maximum atomic E-state index is 4.65. The summed E-state index contributed by atoms with van der Waals surface area (Å²) in [5, 5.41) is 7.02. The number of nitrogens with one attached hydrogen (secondary N) is 1. The zero-order chi connectivity index (χ0) is 13.9. The quantitative estimate of drug-likeness (QED) is 0.932. The highest BCUT2D eigenvalue weighted by Gasteiger charge is 2.26. The van der Waals surface area contributed by atoms with Gasteiger partial charge in [-0.25, -0.2) is 9.97 Å². The van der Waals surface area contributed by atoms with Gasteiger partial charge in [-0.1, -0.05) is 6.92 Å². The lowest BCUT2D eigenvalue weighted by molar-refractivity contribution is 0.469. The van der Waals surface area contributed by atoms with Crippen molar-refractivity contribution in [2.45, 2.75) is 45.6 Å². The van der Waals surface area contributed by atoms with Crippen LogP contribution in [-0.2, 0) is 6.42 Å². The normalized spacial score (nSPS) is 19.3. The van der Waals surface area contributed by atoms with Gasteiger partial charge in [-0.05, 0) is 32.6 Å². The Labute approximate surface area is 119 Å². The minimum atomic E-state index is 0.376. The van der Waals surface area contributed by atoms with Crippen LogP contribution in [0.3, 0.4) is 0 Å². The van der Waals surface area contributed by atoms with Gasteiger partial charge in [0.1, 0.15) is 11.6 Å². The Hall–Kier alpha value is -1.91. The fourth-order valence-electron chi connectivity index (χ4n) is 2.94. The van der Waals surface area contributed by atoms with E-state index >= 15 is 0 Å². The first kappa shape index (κ1) is 13.1. The average molecular weight is 271 g/mol. The van der Waals surface area contributed by atoms with Crippen molar-refractivity contribution in [3.63, 3.8) is 0 Å². The topological polar surface area (TPSA) is 57.7 Å². The Kier molecular flexibility index (Phi) is 3.67. The summed E-state index contributed by atoms with van der Waals surface area (Å²) in [6.07, 6.45) is 8.51. The highest BCUT2D eigenvalue weighted by molar-refractivity contribution is 5.43. The molecule has 5 heteroatoms. The van der Waals surface area contributed by atoms with Crippen LogP contribution in [0.5, 0.6) is 0 Å². The summed E-state index contributed by atoms with van der Waals surface area (Å²) in [4.78, 5) is 11.5. The number of hydrogen-bond donors (Lipinski definition) is 1. The van der Waals surface area contributed by atoms with Gasteiger partial charge in [0.15, 0.2) is 0 Å². The molecule has 0 bridgehead atoms. The predicted molar refractivity (Wildman–Crippen MR) is 78.7 cm³/mol. The largest absolute Gasteiger partial charge is 0.349 e. The highest BCUT2D eigenvalue weighted by Crippen LogP contribution is 2.33. The van der Waals surface area contributed by atoms with Crippen molar-refractivity contribution >= 4 is 5.82 Å². The molecule has 0 radical (unpaired) electrons. The van der Waals surface area contributed by atoms with E-state index in [2.05, 4.69) is 38.1 Å². The fourth-order valence-corrected chi connectivity index (χ4v) is 2.94. The van der Waals surface area contributed by atoms with Gasteiger partial charge in [-0.15, -0.1) is 0 Å². The van der Waals surface area contributed by atoms with Crippen LogP contribution in [0, 0.1) is 6.92 Å². The van der Waals surface area contributed by atoms with Crippen molar-refractivity contribution < 1.29 is 0 Å². The second kappa shape index (κ2) is 5.61. The Morgan fingerprint density at radius 2 is 2.25 bits per heavy atom. The smallest absolute Gasteiger partial charge is 0.133 e. The number of nitrogens with zero attached hydrogens (tertiary/aromatic N) is 4. The summed E-state index contributed by atoms with van der Waals surface area (Å²) in [7, 11) is 0. The number of H-pyrrole nitrogens is 1. The molecule has 0 aliphatic carbocycles. The Balaban J connectivity index is 1.95. The molecule has 3 rings (SSSR count). The second-order valence-electron chi connectivity index (χ2n) is 5.35. The van der Waals surface area contributed by atoms with Crippen LogP contribution in [0.15, 0.2) is 18.5 Å². The van der Waals surface area contributed by atoms with E-state index in [-0.39, 0.29) is 0 Å². The standard InChI is InChI=1S/C15H21N5/c1-3-13-8-15(19-11(2)18-13)20-7-5-4-6-14(20)12-9-16-17-10-12/h8-10,14H,3-7H2,1-2H3,(H,16,17). The first-order chi connectivity index (χ1) is 9.78. The van der Waals surface area contributed by atoms with Gasteiger partial charge in [0.05, 0.1) is 12.2 Å². The monoisotopic (exact) mass is 271 g/mol. The van der Waals surface area contributed by atoms with Gasteiger partial charge >= 0.3 is 0 Å². The van der Waals surface area contributed by atoms with E-state index in [1.54, 1.807) is 0 Å². The van der Waals surface area contributed by atoms with Crippen molar-refractivity contribution in [2.75, 3.05) is 11.4 Å². The third kappa shape index (κ3) is 2.53. The molecule has 0 aromatic carbocycles. The minimum absolute atomic E-state index is 0.376. The Morgan fingerprint density at radius 3 is 3.00 bits per heavy atom. The third-order valence-electron chi connectivity index (χ3n) is 3.94. The van der Waals surface area contributed by atoms with E-state index in [9.17, 15) is 0 Å². The molecule has 1 aliphatic rings. The predicted octanol–water partition coefficient (Wildman–Crippen LogP) is 2.80. The summed E-state index contributed by atoms with van der Waals surface area (Å²) in [6, 6.07) is 2.51. The fraction of sp³-hybridized carbons (Fsp3) is 0.533. The number of piperidine rings is 1. The lowest BCUT2D eigenvalue weighted by Crippen LogP contribution is -2.34. The molecule has 1 aliphatic heterocycles. The molecule has 1 unspecified atom stereocenters. The number of anilines is 1. The van der Waals surface area contributed by atoms with E-state index in [0.29, 0.717) is 6.04 Å². The van der Waals surface area contributed by atoms with E-state index in [1.165, 1.54) is 18.4 Å². The van der Waals surface area contributed by atoms with Crippen LogP contribution in [0.2, 0.25) is 0 Å². The maximum Gasteiger partial charge on any atom is 0.133 e. The molecule has 2 aromatic rings. The summed E-state index contributed by atoms with van der Waals surface area (Å²) >= 11 is 0. The Bertz CT molecular complexity index is 564. The Morgan fingerprint density at radius 1 is 1.35 bits per heavy atom. The van der Waals surface area contributed by atoms with Crippen LogP contribution in [0.4, 0.5) is 5.82 Å². The van der Waals surface area contributed by atoms with Crippen molar-refractivity contribution in [1.82, 2.24) is 20.2 Å². The van der Waals surface area contributed by atoms with E-state index < -0.39 is 0 Å². The summed E-state index contributed by atoms with van der Waals surface area (Å²) in [5.74, 6) is 1.91. The van der Waals surface area contributed by atoms with Crippen LogP contribution in [0.25, 0.3) is 0 Å². The van der Waals surface area contributed by atoms with E-state index in [1.807, 2.05) is 19.3 Å². The van der Waals surface area contributed by atoms with Crippen LogP contribution < -0.4 is 4.90 Å². The van der Waals surface area contributed by atoms with Crippen molar-refractivity contribution in [2.24, 2.45) is 0 Å². The zero-order valence-electron chi connectivity index (χ0n) is 12.1. The number of aromatic nitrogens is 4. The molecule has 20 heavy (non-hydrogen) atoms. The molecule has 106 valence electrons. The van der Waals surface area contributed by atoms with Crippen LogP contribution >= 0.6 is 0 Å². The lowest BCUT2D eigenvalue weighted by atomic mass is 9.97. The molecule has 1 fully saturated rings. The van der Waals surface area contributed by atoms with Gasteiger partial charge in [-0.3, -0.25) is 5.10 Å². The first-order valence-electron chi connectivity index (χ1n) is 7.38. The number of aromatic amines is 1. The van der Waals surface area contributed by atoms with Crippen molar-refractivity contribution in [3.05, 3.63) is 35.5 Å². The molecule has 3 heterocycles. The van der Waals surface area contributed by atoms with Crippen LogP contribution in [-0.4, -0.2) is 26.7 Å². The minimum Gasteiger partial charge on any atom is -0.349 e. The molecular formula is C15H21N5. The molecule has 0 saturated carbocycles. The average Bonchev–Trinajstić information content (AvgIpc) is 3.00. The molecule has 1 N–H and O–H groups in total. The van der Waals surface area contributed by atoms with Gasteiger partial charge in [0.25, 0.3) is 0 Å². The van der Waals surface area contributed by atoms with Gasteiger partial charge in [-0.2, -0.15) is 5.10 Å². The molecule has 2 aromatic heterocycles. The second-order valence-corrected chi connectivity index (χ2v) is 5.35. The molecule has 1 saturated heterocycles. The number of aryl methyl sites for hydroxylation is 2. The molecule has 0 spiro atoms. The lowest BCUT2D eigenvalue weighted by Gasteiger charge is -2.36. The van der Waals surface area contributed by atoms with E-state index in [4.69, 9.17) is 0 Å². The molecule has 0 amide bonds. The van der Waals surface area contributed by atoms with Crippen LogP contribution in [0.1, 0.15) is 49.3 Å². The van der Waals surface area contributed by atoms with E-state index in [0.717, 1.165) is 36.7 Å². The summed E-state index contributed by atoms with van der Waals surface area (Å²) < 4.78 is 0.